The summed E-state index contributed by atoms with van der Waals surface area (Å²) in [5, 5.41) is 10.7. The lowest BCUT2D eigenvalue weighted by molar-refractivity contribution is -0.150. The summed E-state index contributed by atoms with van der Waals surface area (Å²) in [5.41, 5.74) is -3.28. The summed E-state index contributed by atoms with van der Waals surface area (Å²) in [6.45, 7) is 6.49. The van der Waals surface area contributed by atoms with Gasteiger partial charge in [0.05, 0.1) is 29.2 Å². The van der Waals surface area contributed by atoms with Crippen LogP contribution in [0.3, 0.4) is 0 Å². The summed E-state index contributed by atoms with van der Waals surface area (Å²) < 4.78 is 82.6. The number of aryl methyl sites for hydroxylation is 1. The summed E-state index contributed by atoms with van der Waals surface area (Å²) in [6, 6.07) is -3.29. The van der Waals surface area contributed by atoms with E-state index in [9.17, 15) is 69.5 Å². The summed E-state index contributed by atoms with van der Waals surface area (Å²) in [4.78, 5) is 167. The van der Waals surface area contributed by atoms with E-state index in [0.29, 0.717) is 32.1 Å². The van der Waals surface area contributed by atoms with E-state index in [1.165, 1.54) is 70.8 Å². The third-order valence-electron chi connectivity index (χ3n) is 19.3. The van der Waals surface area contributed by atoms with Crippen LogP contribution in [0.1, 0.15) is 140 Å². The highest BCUT2D eigenvalue weighted by Gasteiger charge is 2.50. The molecule has 29 heteroatoms. The van der Waals surface area contributed by atoms with E-state index in [2.05, 4.69) is 21.3 Å². The Morgan fingerprint density at radius 3 is 1.78 bits per heavy atom. The average molecular weight is 1350 g/mol. The molecule has 4 aliphatic rings. The van der Waals surface area contributed by atoms with E-state index in [1.807, 2.05) is 0 Å². The third kappa shape index (κ3) is 18.3. The molecule has 94 heavy (non-hydrogen) atoms. The number of rotatable bonds is 8. The molecule has 2 aromatic carbocycles. The van der Waals surface area contributed by atoms with Crippen LogP contribution in [0, 0.1) is 11.8 Å². The first-order chi connectivity index (χ1) is 43.9. The van der Waals surface area contributed by atoms with Crippen molar-refractivity contribution in [3.05, 3.63) is 69.7 Å². The molecule has 6 rings (SSSR count). The molecule has 0 unspecified atom stereocenters. The van der Waals surface area contributed by atoms with Gasteiger partial charge in [-0.05, 0) is 119 Å². The molecule has 2 aliphatic heterocycles. The molecule has 9 atom stereocenters. The molecule has 0 radical (unpaired) electrons. The first-order valence-electron chi connectivity index (χ1n) is 32.0. The topological polar surface area (TPSA) is 259 Å². The van der Waals surface area contributed by atoms with Crippen LogP contribution in [0.4, 0.5) is 26.3 Å². The molecule has 0 aromatic heterocycles. The number of hydrogen-bond donors (Lipinski definition) is 4. The summed E-state index contributed by atoms with van der Waals surface area (Å²) in [7, 11) is 7.86. The maximum absolute atomic E-state index is 15.2. The number of carbonyl (C=O) groups excluding carboxylic acids is 11. The number of carbonyl (C=O) groups is 11. The Bertz CT molecular complexity index is 3130. The molecule has 0 bridgehead atoms. The molecule has 11 amide bonds. The number of halogens is 7. The zero-order chi connectivity index (χ0) is 70.1. The van der Waals surface area contributed by atoms with Gasteiger partial charge in [-0.1, -0.05) is 75.8 Å². The molecular formula is C65H90ClF6N11O11. The molecule has 22 nitrogen and oxygen atoms in total. The first kappa shape index (κ1) is 75.5. The van der Waals surface area contributed by atoms with E-state index in [4.69, 9.17) is 11.6 Å². The van der Waals surface area contributed by atoms with Crippen molar-refractivity contribution < 1.29 is 79.1 Å². The van der Waals surface area contributed by atoms with Gasteiger partial charge < -0.3 is 55.6 Å². The Labute approximate surface area is 549 Å². The molecule has 4 N–H and O–H groups in total. The van der Waals surface area contributed by atoms with Gasteiger partial charge in [0.15, 0.2) is 0 Å². The quantitative estimate of drug-likeness (QED) is 0.245. The number of nitrogens with one attached hydrogen (secondary N) is 4. The molecule has 2 saturated carbocycles. The minimum absolute atomic E-state index is 0.0169. The monoisotopic (exact) mass is 1350 g/mol. The normalized spacial score (nSPS) is 26.4. The Balaban J connectivity index is 1.39. The minimum Gasteiger partial charge on any atom is -0.351 e. The van der Waals surface area contributed by atoms with Gasteiger partial charge >= 0.3 is 12.4 Å². The van der Waals surface area contributed by atoms with Crippen molar-refractivity contribution in [2.24, 2.45) is 11.8 Å². The maximum Gasteiger partial charge on any atom is 0.417 e. The lowest BCUT2D eigenvalue weighted by Gasteiger charge is -2.40. The van der Waals surface area contributed by atoms with Gasteiger partial charge in [0.1, 0.15) is 47.8 Å². The summed E-state index contributed by atoms with van der Waals surface area (Å²) in [5.74, 6) is -8.86. The van der Waals surface area contributed by atoms with Crippen molar-refractivity contribution in [2.45, 2.75) is 197 Å². The second-order valence-electron chi connectivity index (χ2n) is 25.9. The first-order valence-corrected chi connectivity index (χ1v) is 32.4. The van der Waals surface area contributed by atoms with Crippen LogP contribution in [0.2, 0.25) is 5.02 Å². The van der Waals surface area contributed by atoms with Crippen molar-refractivity contribution in [3.63, 3.8) is 0 Å². The average Bonchev–Trinajstić information content (AvgIpc) is 1.54. The molecule has 1 spiro atoms. The lowest BCUT2D eigenvalue weighted by atomic mass is 9.90. The fourth-order valence-electron chi connectivity index (χ4n) is 12.8. The zero-order valence-corrected chi connectivity index (χ0v) is 56.1. The van der Waals surface area contributed by atoms with Crippen LogP contribution in [0.25, 0.3) is 0 Å². The second kappa shape index (κ2) is 31.8. The van der Waals surface area contributed by atoms with E-state index in [0.717, 1.165) is 74.9 Å². The van der Waals surface area contributed by atoms with Crippen molar-refractivity contribution in [2.75, 3.05) is 61.9 Å². The Kier molecular flexibility index (Phi) is 25.6. The highest BCUT2D eigenvalue weighted by Crippen LogP contribution is 2.38. The number of alkyl halides is 6. The molecular weight excluding hydrogens is 1260 g/mol. The number of amides is 11. The molecule has 2 aromatic rings. The second-order valence-corrected chi connectivity index (χ2v) is 26.3. The Morgan fingerprint density at radius 2 is 1.19 bits per heavy atom. The van der Waals surface area contributed by atoms with Gasteiger partial charge in [0, 0.05) is 67.7 Å². The third-order valence-corrected chi connectivity index (χ3v) is 19.6. The largest absolute Gasteiger partial charge is 0.417 e. The van der Waals surface area contributed by atoms with Crippen molar-refractivity contribution in [3.8, 4) is 0 Å². The Hall–Kier alpha value is -7.52. The maximum atomic E-state index is 15.2. The summed E-state index contributed by atoms with van der Waals surface area (Å²) in [6.07, 6.45) is -5.78. The van der Waals surface area contributed by atoms with Crippen LogP contribution in [-0.4, -0.2) is 215 Å². The van der Waals surface area contributed by atoms with Crippen LogP contribution in [0.15, 0.2) is 42.5 Å². The number of fused-ring (bicyclic) bond motifs is 1. The SMILES string of the molecule is CC[C@H](C)[C@@H]1NC(=O)[C@H](C)N(C)C(=O)C[C@@H](C)NC(=O)[C@H](C2CCCC2)N(C)C(=O)C2(CCCC2)NC(=O)[C@@H]2CCCN2C(=O)[C@H](CCc2ccc(C(F)(F)F)c(Cl)c2)NC(=O)[C@@H](C)N(C)C(=O)[C@H](Cc2ccc(C(F)(F)F)cc2)N(C)C(=O)CN(C)C(=O)CN(C)C1=O. The number of benzene rings is 2. The van der Waals surface area contributed by atoms with Gasteiger partial charge in [-0.25, -0.2) is 0 Å². The van der Waals surface area contributed by atoms with E-state index in [-0.39, 0.29) is 68.5 Å². The molecule has 520 valence electrons. The highest BCUT2D eigenvalue weighted by molar-refractivity contribution is 6.31. The van der Waals surface area contributed by atoms with Gasteiger partial charge in [-0.2, -0.15) is 26.3 Å². The highest BCUT2D eigenvalue weighted by atomic mass is 35.5. The van der Waals surface area contributed by atoms with Gasteiger partial charge in [-0.15, -0.1) is 0 Å². The number of likely N-dealkylation sites (N-methyl/N-ethyl adjacent to an activating group) is 6. The fraction of sp³-hybridized carbons (Fsp3) is 0.646. The van der Waals surface area contributed by atoms with E-state index < -0.39 is 173 Å². The van der Waals surface area contributed by atoms with Crippen molar-refractivity contribution >= 4 is 76.6 Å². The zero-order valence-electron chi connectivity index (χ0n) is 55.3. The van der Waals surface area contributed by atoms with Crippen LogP contribution in [-0.2, 0) is 77.9 Å². The number of hydrogen-bond acceptors (Lipinski definition) is 11. The van der Waals surface area contributed by atoms with Crippen molar-refractivity contribution in [1.82, 2.24) is 55.6 Å². The summed E-state index contributed by atoms with van der Waals surface area (Å²) >= 11 is 6.10. The minimum atomic E-state index is -4.80. The van der Waals surface area contributed by atoms with Gasteiger partial charge in [0.25, 0.3) is 0 Å². The van der Waals surface area contributed by atoms with Crippen LogP contribution < -0.4 is 21.3 Å². The van der Waals surface area contributed by atoms with E-state index in [1.54, 1.807) is 20.8 Å². The smallest absolute Gasteiger partial charge is 0.351 e. The van der Waals surface area contributed by atoms with Gasteiger partial charge in [0.2, 0.25) is 65.0 Å². The molecule has 2 heterocycles. The predicted octanol–water partition coefficient (Wildman–Crippen LogP) is 5.35. The standard InChI is InChI=1S/C65H90ClF6N11O11/c1-12-37(2)53-61(93)78(7)35-51(85)77(6)36-52(86)81(10)49(34-42-21-25-44(26-22-42)64(67,68)69)60(92)80(9)40(5)55(87)74-47(28-24-41-23-27-45(46(66)33-41)65(70,71)72)59(91)83-31-17-20-48(83)57(89)76-63(29-15-16-30-63)62(94)82(11)54(43-18-13-14-19-43)58(90)73-38(3)32-50(84)79(8)39(4)56(88)75-53/h21-23,25-27,33,37-40,43,47-49,53-54H,12-20,24,28-32,34-36H2,1-11H3,(H,73,90)(H,74,87)(H,75,88)(H,76,89)/t37-,38+,39-,40+,47-,48-,49-,53-,54-/m0/s1. The Morgan fingerprint density at radius 1 is 0.606 bits per heavy atom. The fourth-order valence-corrected chi connectivity index (χ4v) is 13.1. The lowest BCUT2D eigenvalue weighted by Crippen LogP contribution is -2.64. The van der Waals surface area contributed by atoms with Crippen LogP contribution in [0.5, 0.6) is 0 Å². The predicted molar refractivity (Wildman–Crippen MR) is 334 cm³/mol. The van der Waals surface area contributed by atoms with Crippen molar-refractivity contribution in [1.29, 1.82) is 0 Å². The van der Waals surface area contributed by atoms with Crippen LogP contribution >= 0.6 is 11.6 Å². The number of nitrogens with zero attached hydrogens (tertiary/aromatic N) is 7. The molecule has 2 aliphatic carbocycles. The van der Waals surface area contributed by atoms with Gasteiger partial charge in [-0.3, -0.25) is 52.7 Å². The molecule has 4 fully saturated rings. The van der Waals surface area contributed by atoms with E-state index >= 15 is 9.59 Å². The molecule has 2 saturated heterocycles.